The zero-order chi connectivity index (χ0) is 21.3. The van der Waals surface area contributed by atoms with Gasteiger partial charge in [-0.1, -0.05) is 24.6 Å². The second kappa shape index (κ2) is 8.67. The Morgan fingerprint density at radius 3 is 2.83 bits per heavy atom. The molecule has 2 atom stereocenters. The van der Waals surface area contributed by atoms with Gasteiger partial charge < -0.3 is 20.3 Å². The summed E-state index contributed by atoms with van der Waals surface area (Å²) in [5.41, 5.74) is 2.25. The van der Waals surface area contributed by atoms with Gasteiger partial charge in [-0.05, 0) is 54.8 Å². The van der Waals surface area contributed by atoms with Crippen molar-refractivity contribution in [1.82, 2.24) is 10.2 Å². The van der Waals surface area contributed by atoms with E-state index in [1.165, 1.54) is 22.5 Å². The number of rotatable bonds is 4. The predicted octanol–water partition coefficient (Wildman–Crippen LogP) is 3.52. The molecule has 6 nitrogen and oxygen atoms in total. The molecule has 2 aliphatic heterocycles. The van der Waals surface area contributed by atoms with E-state index >= 15 is 0 Å². The number of hydrogen-bond acceptors (Lipinski definition) is 5. The van der Waals surface area contributed by atoms with Crippen molar-refractivity contribution in [2.24, 2.45) is 0 Å². The number of ether oxygens (including phenoxy) is 1. The molecule has 2 N–H and O–H groups in total. The monoisotopic (exact) mass is 447 g/mol. The van der Waals surface area contributed by atoms with Crippen LogP contribution in [-0.4, -0.2) is 55.6 Å². The number of thiophene rings is 1. The van der Waals surface area contributed by atoms with E-state index in [9.17, 15) is 9.59 Å². The van der Waals surface area contributed by atoms with Gasteiger partial charge in [0.05, 0.1) is 15.8 Å². The summed E-state index contributed by atoms with van der Waals surface area (Å²) in [4.78, 5) is 28.7. The van der Waals surface area contributed by atoms with Crippen LogP contribution in [0.4, 0.5) is 5.69 Å². The third kappa shape index (κ3) is 4.39. The van der Waals surface area contributed by atoms with Gasteiger partial charge in [0.15, 0.2) is 0 Å². The molecule has 160 valence electrons. The molecule has 8 heteroatoms. The van der Waals surface area contributed by atoms with E-state index in [1.54, 1.807) is 12.1 Å². The quantitative estimate of drug-likeness (QED) is 0.752. The first-order chi connectivity index (χ1) is 14.4. The van der Waals surface area contributed by atoms with Gasteiger partial charge in [-0.15, -0.1) is 11.3 Å². The number of benzene rings is 1. The number of carbonyl (C=O) groups is 2. The van der Waals surface area contributed by atoms with E-state index in [4.69, 9.17) is 16.3 Å². The Bertz CT molecular complexity index is 955. The Kier molecular flexibility index (Phi) is 6.16. The normalized spacial score (nSPS) is 24.2. The highest BCUT2D eigenvalue weighted by molar-refractivity contribution is 7.18. The number of carbonyl (C=O) groups excluding carboxylic acids is 2. The molecule has 0 radical (unpaired) electrons. The van der Waals surface area contributed by atoms with Gasteiger partial charge in [0.1, 0.15) is 5.54 Å². The molecule has 0 aliphatic carbocycles. The van der Waals surface area contributed by atoms with Crippen LogP contribution >= 0.6 is 22.9 Å². The molecule has 1 fully saturated rings. The molecule has 4 rings (SSSR count). The first kappa shape index (κ1) is 21.3. The number of anilines is 1. The van der Waals surface area contributed by atoms with E-state index in [2.05, 4.69) is 41.6 Å². The van der Waals surface area contributed by atoms with Crippen LogP contribution < -0.4 is 10.6 Å². The zero-order valence-electron chi connectivity index (χ0n) is 17.2. The Balaban J connectivity index is 1.52. The molecule has 2 aromatic rings. The van der Waals surface area contributed by atoms with Crippen LogP contribution in [0.25, 0.3) is 0 Å². The summed E-state index contributed by atoms with van der Waals surface area (Å²) in [6.07, 6.45) is 1.43. The molecular formula is C22H26ClN3O3S. The SMILES string of the molecule is C[C@H]1CN(C)CCc2ccc(NC(=O)C3(NC(=O)c4ccc(Cl)s4)CCOC3)cc21. The molecule has 0 saturated carbocycles. The third-order valence-electron chi connectivity index (χ3n) is 5.89. The Morgan fingerprint density at radius 2 is 2.13 bits per heavy atom. The highest BCUT2D eigenvalue weighted by Crippen LogP contribution is 2.29. The number of nitrogens with one attached hydrogen (secondary N) is 2. The van der Waals surface area contributed by atoms with Crippen molar-refractivity contribution in [1.29, 1.82) is 0 Å². The predicted molar refractivity (Wildman–Crippen MR) is 120 cm³/mol. The van der Waals surface area contributed by atoms with E-state index in [1.807, 2.05) is 6.07 Å². The lowest BCUT2D eigenvalue weighted by Gasteiger charge is -2.27. The molecule has 2 amide bonds. The molecular weight excluding hydrogens is 422 g/mol. The highest BCUT2D eigenvalue weighted by atomic mass is 35.5. The fourth-order valence-corrected chi connectivity index (χ4v) is 5.13. The minimum absolute atomic E-state index is 0.149. The topological polar surface area (TPSA) is 70.7 Å². The van der Waals surface area contributed by atoms with Crippen molar-refractivity contribution in [3.8, 4) is 0 Å². The highest BCUT2D eigenvalue weighted by Gasteiger charge is 2.44. The summed E-state index contributed by atoms with van der Waals surface area (Å²) in [6, 6.07) is 9.45. The number of hydrogen-bond donors (Lipinski definition) is 2. The van der Waals surface area contributed by atoms with Crippen LogP contribution in [0.15, 0.2) is 30.3 Å². The van der Waals surface area contributed by atoms with Crippen molar-refractivity contribution < 1.29 is 14.3 Å². The lowest BCUT2D eigenvalue weighted by molar-refractivity contribution is -0.122. The summed E-state index contributed by atoms with van der Waals surface area (Å²) in [5.74, 6) is -0.183. The molecule has 2 aliphatic rings. The van der Waals surface area contributed by atoms with Gasteiger partial charge in [-0.2, -0.15) is 0 Å². The maximum Gasteiger partial charge on any atom is 0.262 e. The standard InChI is InChI=1S/C22H26ClN3O3S/c1-14-12-26(2)9-7-15-3-4-16(11-17(14)15)24-21(28)22(8-10-29-13-22)25-20(27)18-5-6-19(23)30-18/h3-6,11,14H,7-10,12-13H2,1-2H3,(H,24,28)(H,25,27)/t14-,22?/m0/s1. The second-order valence-corrected chi connectivity index (χ2v) is 9.94. The van der Waals surface area contributed by atoms with Crippen LogP contribution in [0.3, 0.4) is 0 Å². The third-order valence-corrected chi connectivity index (χ3v) is 7.12. The van der Waals surface area contributed by atoms with Crippen molar-refractivity contribution >= 4 is 40.4 Å². The molecule has 1 aromatic heterocycles. The summed E-state index contributed by atoms with van der Waals surface area (Å²) in [5, 5.41) is 5.92. The van der Waals surface area contributed by atoms with Gasteiger partial charge in [0.25, 0.3) is 11.8 Å². The first-order valence-electron chi connectivity index (χ1n) is 10.1. The van der Waals surface area contributed by atoms with Crippen LogP contribution in [0.2, 0.25) is 4.34 Å². The Morgan fingerprint density at radius 1 is 1.30 bits per heavy atom. The van der Waals surface area contributed by atoms with E-state index in [0.29, 0.717) is 28.2 Å². The molecule has 1 unspecified atom stereocenters. The lowest BCUT2D eigenvalue weighted by Crippen LogP contribution is -2.57. The van der Waals surface area contributed by atoms with E-state index in [0.717, 1.165) is 25.2 Å². The average molecular weight is 448 g/mol. The largest absolute Gasteiger partial charge is 0.378 e. The number of likely N-dealkylation sites (N-methyl/N-ethyl adjacent to an activating group) is 1. The van der Waals surface area contributed by atoms with Crippen molar-refractivity contribution in [3.05, 3.63) is 50.7 Å². The minimum Gasteiger partial charge on any atom is -0.378 e. The molecule has 30 heavy (non-hydrogen) atoms. The number of halogens is 1. The smallest absolute Gasteiger partial charge is 0.262 e. The molecule has 1 aromatic carbocycles. The van der Waals surface area contributed by atoms with Crippen LogP contribution in [0.1, 0.15) is 40.1 Å². The molecule has 3 heterocycles. The van der Waals surface area contributed by atoms with Crippen LogP contribution in [-0.2, 0) is 16.0 Å². The maximum atomic E-state index is 13.2. The molecule has 1 saturated heterocycles. The van der Waals surface area contributed by atoms with Gasteiger partial charge in [-0.3, -0.25) is 9.59 Å². The first-order valence-corrected chi connectivity index (χ1v) is 11.3. The number of nitrogens with zero attached hydrogens (tertiary/aromatic N) is 1. The minimum atomic E-state index is -1.09. The van der Waals surface area contributed by atoms with Gasteiger partial charge in [0.2, 0.25) is 0 Å². The van der Waals surface area contributed by atoms with Crippen LogP contribution in [0.5, 0.6) is 0 Å². The lowest BCUT2D eigenvalue weighted by atomic mass is 9.94. The molecule has 0 spiro atoms. The van der Waals surface area contributed by atoms with E-state index < -0.39 is 5.54 Å². The van der Waals surface area contributed by atoms with Crippen molar-refractivity contribution in [2.45, 2.75) is 31.2 Å². The summed E-state index contributed by atoms with van der Waals surface area (Å²) >= 11 is 7.14. The van der Waals surface area contributed by atoms with Crippen molar-refractivity contribution in [3.63, 3.8) is 0 Å². The fraction of sp³-hybridized carbons (Fsp3) is 0.455. The van der Waals surface area contributed by atoms with Gasteiger partial charge in [-0.25, -0.2) is 0 Å². The summed E-state index contributed by atoms with van der Waals surface area (Å²) in [7, 11) is 2.14. The van der Waals surface area contributed by atoms with Gasteiger partial charge >= 0.3 is 0 Å². The van der Waals surface area contributed by atoms with Crippen LogP contribution in [0, 0.1) is 0 Å². The van der Waals surface area contributed by atoms with Gasteiger partial charge in [0, 0.05) is 31.8 Å². The van der Waals surface area contributed by atoms with E-state index in [-0.39, 0.29) is 18.4 Å². The van der Waals surface area contributed by atoms with Crippen molar-refractivity contribution in [2.75, 3.05) is 38.7 Å². The average Bonchev–Trinajstić information content (AvgIpc) is 3.33. The molecule has 0 bridgehead atoms. The second-order valence-electron chi connectivity index (χ2n) is 8.22. The summed E-state index contributed by atoms with van der Waals surface area (Å²) < 4.78 is 6.03. The Labute approximate surface area is 185 Å². The maximum absolute atomic E-state index is 13.2. The fourth-order valence-electron chi connectivity index (χ4n) is 4.19. The zero-order valence-corrected chi connectivity index (χ0v) is 18.7. The number of amides is 2. The number of fused-ring (bicyclic) bond motifs is 1. The Hall–Kier alpha value is -1.93. The summed E-state index contributed by atoms with van der Waals surface area (Å²) in [6.45, 7) is 4.80.